The Morgan fingerprint density at radius 2 is 1.79 bits per heavy atom. The van der Waals surface area contributed by atoms with Gasteiger partial charge in [-0.15, -0.1) is 0 Å². The van der Waals surface area contributed by atoms with Crippen LogP contribution >= 0.6 is 12.2 Å². The number of hydrogen-bond acceptors (Lipinski definition) is 5. The first kappa shape index (κ1) is 19.2. The van der Waals surface area contributed by atoms with Crippen LogP contribution in [0.4, 0.5) is 5.69 Å². The quantitative estimate of drug-likeness (QED) is 0.350. The van der Waals surface area contributed by atoms with Gasteiger partial charge in [0.25, 0.3) is 11.5 Å². The Bertz CT molecular complexity index is 1110. The first-order valence-electron chi connectivity index (χ1n) is 8.36. The second-order valence-electron chi connectivity index (χ2n) is 5.96. The minimum Gasteiger partial charge on any atom is -0.331 e. The van der Waals surface area contributed by atoms with Gasteiger partial charge in [0.05, 0.1) is 11.6 Å². The van der Waals surface area contributed by atoms with Gasteiger partial charge in [-0.1, -0.05) is 18.2 Å². The van der Waals surface area contributed by atoms with Crippen molar-refractivity contribution in [2.75, 3.05) is 5.32 Å². The van der Waals surface area contributed by atoms with Crippen molar-refractivity contribution >= 4 is 45.5 Å². The molecule has 0 aliphatic rings. The first-order valence-corrected chi connectivity index (χ1v) is 8.76. The smallest absolute Gasteiger partial charge is 0.275 e. The van der Waals surface area contributed by atoms with Crippen LogP contribution in [0.5, 0.6) is 0 Å². The van der Waals surface area contributed by atoms with Crippen LogP contribution in [0.15, 0.2) is 59.5 Å². The summed E-state index contributed by atoms with van der Waals surface area (Å²) in [6.45, 7) is 1.23. The summed E-state index contributed by atoms with van der Waals surface area (Å²) < 4.78 is 1.08. The summed E-state index contributed by atoms with van der Waals surface area (Å²) in [6.07, 6.45) is 1.54. The van der Waals surface area contributed by atoms with Crippen LogP contribution in [0.2, 0.25) is 0 Å². The van der Waals surface area contributed by atoms with E-state index < -0.39 is 5.91 Å². The number of hydrogen-bond donors (Lipinski definition) is 3. The largest absolute Gasteiger partial charge is 0.331 e. The van der Waals surface area contributed by atoms with Gasteiger partial charge in [-0.3, -0.25) is 25.2 Å². The standard InChI is InChI=1S/C19H17N5O3S/c1-12(25)13-6-8-15(9-7-13)21-19(28)23-22-17(26)11-24-18(27)16-5-3-2-4-14(16)10-20-24/h2-10H,11H2,1H3,(H,22,26)(H2,21,23,28). The van der Waals surface area contributed by atoms with Crippen molar-refractivity contribution in [2.24, 2.45) is 0 Å². The molecule has 142 valence electrons. The number of carbonyl (C=O) groups is 2. The zero-order valence-electron chi connectivity index (χ0n) is 14.9. The molecule has 3 rings (SSSR count). The number of nitrogens with zero attached hydrogens (tertiary/aromatic N) is 2. The molecule has 28 heavy (non-hydrogen) atoms. The lowest BCUT2D eigenvalue weighted by Gasteiger charge is -2.12. The molecule has 8 nitrogen and oxygen atoms in total. The van der Waals surface area contributed by atoms with Crippen LogP contribution in [-0.4, -0.2) is 26.6 Å². The van der Waals surface area contributed by atoms with E-state index >= 15 is 0 Å². The number of Topliss-reactive ketones (excluding diaryl/α,β-unsaturated/α-hetero) is 1. The van der Waals surface area contributed by atoms with Gasteiger partial charge >= 0.3 is 0 Å². The molecule has 0 saturated heterocycles. The number of nitrogens with one attached hydrogen (secondary N) is 3. The fraction of sp³-hybridized carbons (Fsp3) is 0.105. The number of thiocarbonyl (C=S) groups is 1. The van der Waals surface area contributed by atoms with Crippen LogP contribution in [0, 0.1) is 0 Å². The van der Waals surface area contributed by atoms with E-state index in [1.165, 1.54) is 13.1 Å². The molecule has 0 aliphatic heterocycles. The van der Waals surface area contributed by atoms with Crippen molar-refractivity contribution in [3.05, 3.63) is 70.6 Å². The molecular weight excluding hydrogens is 378 g/mol. The first-order chi connectivity index (χ1) is 13.4. The van der Waals surface area contributed by atoms with Gasteiger partial charge in [0.2, 0.25) is 0 Å². The minimum absolute atomic E-state index is 0.0305. The van der Waals surface area contributed by atoms with Gasteiger partial charge in [0.15, 0.2) is 10.9 Å². The minimum atomic E-state index is -0.485. The van der Waals surface area contributed by atoms with E-state index in [9.17, 15) is 14.4 Å². The topological polar surface area (TPSA) is 105 Å². The van der Waals surface area contributed by atoms with Crippen molar-refractivity contribution in [1.82, 2.24) is 20.6 Å². The molecule has 0 radical (unpaired) electrons. The Kier molecular flexibility index (Phi) is 5.75. The Hall–Kier alpha value is -3.59. The van der Waals surface area contributed by atoms with E-state index in [1.54, 1.807) is 42.5 Å². The van der Waals surface area contributed by atoms with E-state index in [-0.39, 0.29) is 23.0 Å². The monoisotopic (exact) mass is 395 g/mol. The Morgan fingerprint density at radius 1 is 1.07 bits per heavy atom. The molecule has 0 unspecified atom stereocenters. The molecule has 0 aliphatic carbocycles. The molecule has 0 spiro atoms. The molecule has 9 heteroatoms. The van der Waals surface area contributed by atoms with Crippen LogP contribution in [-0.2, 0) is 11.3 Å². The fourth-order valence-electron chi connectivity index (χ4n) is 2.49. The van der Waals surface area contributed by atoms with Crippen LogP contribution < -0.4 is 21.7 Å². The number of anilines is 1. The average molecular weight is 395 g/mol. The molecular formula is C19H17N5O3S. The van der Waals surface area contributed by atoms with Crippen LogP contribution in [0.3, 0.4) is 0 Å². The number of carbonyl (C=O) groups excluding carboxylic acids is 2. The van der Waals surface area contributed by atoms with Crippen molar-refractivity contribution < 1.29 is 9.59 Å². The lowest BCUT2D eigenvalue weighted by molar-refractivity contribution is -0.122. The van der Waals surface area contributed by atoms with E-state index in [0.29, 0.717) is 22.0 Å². The maximum absolute atomic E-state index is 12.4. The highest BCUT2D eigenvalue weighted by molar-refractivity contribution is 7.80. The summed E-state index contributed by atoms with van der Waals surface area (Å²) in [5.74, 6) is -0.516. The van der Waals surface area contributed by atoms with E-state index in [1.807, 2.05) is 6.07 Å². The molecule has 1 amide bonds. The molecule has 2 aromatic carbocycles. The van der Waals surface area contributed by atoms with Gasteiger partial charge in [-0.2, -0.15) is 5.10 Å². The van der Waals surface area contributed by atoms with E-state index in [4.69, 9.17) is 12.2 Å². The Morgan fingerprint density at radius 3 is 2.50 bits per heavy atom. The number of hydrazine groups is 1. The fourth-order valence-corrected chi connectivity index (χ4v) is 2.66. The van der Waals surface area contributed by atoms with Crippen molar-refractivity contribution in [2.45, 2.75) is 13.5 Å². The van der Waals surface area contributed by atoms with Crippen LogP contribution in [0.25, 0.3) is 10.8 Å². The highest BCUT2D eigenvalue weighted by Crippen LogP contribution is 2.09. The zero-order chi connectivity index (χ0) is 20.1. The predicted molar refractivity (Wildman–Crippen MR) is 110 cm³/mol. The summed E-state index contributed by atoms with van der Waals surface area (Å²) >= 11 is 5.10. The molecule has 3 aromatic rings. The normalized spacial score (nSPS) is 10.3. The van der Waals surface area contributed by atoms with Gasteiger partial charge in [-0.05, 0) is 49.5 Å². The van der Waals surface area contributed by atoms with Gasteiger partial charge in [0.1, 0.15) is 6.54 Å². The summed E-state index contributed by atoms with van der Waals surface area (Å²) in [5, 5.41) is 8.23. The number of amides is 1. The van der Waals surface area contributed by atoms with Gasteiger partial charge < -0.3 is 5.32 Å². The third-order valence-corrected chi connectivity index (χ3v) is 4.12. The lowest BCUT2D eigenvalue weighted by atomic mass is 10.1. The van der Waals surface area contributed by atoms with Crippen LogP contribution in [0.1, 0.15) is 17.3 Å². The zero-order valence-corrected chi connectivity index (χ0v) is 15.7. The third kappa shape index (κ3) is 4.57. The molecule has 3 N–H and O–H groups in total. The molecule has 0 bridgehead atoms. The highest BCUT2D eigenvalue weighted by atomic mass is 32.1. The Balaban J connectivity index is 1.55. The maximum atomic E-state index is 12.4. The van der Waals surface area contributed by atoms with E-state index in [0.717, 1.165) is 4.68 Å². The number of rotatable bonds is 4. The number of fused-ring (bicyclic) bond motifs is 1. The summed E-state index contributed by atoms with van der Waals surface area (Å²) in [5.41, 5.74) is 5.86. The second-order valence-corrected chi connectivity index (χ2v) is 6.36. The predicted octanol–water partition coefficient (Wildman–Crippen LogP) is 1.62. The summed E-state index contributed by atoms with van der Waals surface area (Å²) in [7, 11) is 0. The molecule has 1 heterocycles. The Labute approximate surface area is 165 Å². The lowest BCUT2D eigenvalue weighted by Crippen LogP contribution is -2.46. The number of ketones is 1. The van der Waals surface area contributed by atoms with Gasteiger partial charge in [0, 0.05) is 16.6 Å². The molecule has 0 saturated carbocycles. The maximum Gasteiger partial charge on any atom is 0.275 e. The van der Waals surface area contributed by atoms with E-state index in [2.05, 4.69) is 21.3 Å². The highest BCUT2D eigenvalue weighted by Gasteiger charge is 2.09. The molecule has 0 fully saturated rings. The number of benzene rings is 2. The van der Waals surface area contributed by atoms with Crippen molar-refractivity contribution in [3.63, 3.8) is 0 Å². The second kappa shape index (κ2) is 8.40. The van der Waals surface area contributed by atoms with Crippen molar-refractivity contribution in [3.8, 4) is 0 Å². The number of aromatic nitrogens is 2. The molecule has 0 atom stereocenters. The summed E-state index contributed by atoms with van der Waals surface area (Å²) in [4.78, 5) is 35.7. The average Bonchev–Trinajstić information content (AvgIpc) is 2.69. The molecule has 1 aromatic heterocycles. The summed E-state index contributed by atoms with van der Waals surface area (Å²) in [6, 6.07) is 13.8. The third-order valence-electron chi connectivity index (χ3n) is 3.92. The SMILES string of the molecule is CC(=O)c1ccc(NC(=S)NNC(=O)Cn2ncc3ccccc3c2=O)cc1. The van der Waals surface area contributed by atoms with Crippen molar-refractivity contribution in [1.29, 1.82) is 0 Å². The van der Waals surface area contributed by atoms with Gasteiger partial charge in [-0.25, -0.2) is 4.68 Å².